The number of rotatable bonds is 3. The first-order valence-corrected chi connectivity index (χ1v) is 15.6. The van der Waals surface area contributed by atoms with E-state index < -0.39 is 34.6 Å². The number of hydrogen-bond acceptors (Lipinski definition) is 0. The molecular weight excluding hydrogens is 615 g/mol. The highest BCUT2D eigenvalue weighted by Gasteiger charge is 2.30. The molecule has 238 valence electrons. The third kappa shape index (κ3) is 4.16. The fourth-order valence-electron chi connectivity index (χ4n) is 7.27. The van der Waals surface area contributed by atoms with Gasteiger partial charge in [-0.25, -0.2) is 22.0 Å². The van der Waals surface area contributed by atoms with Crippen LogP contribution in [0.15, 0.2) is 84.9 Å². The SMILES string of the molecule is Cc1ccc2c(c1)c1cc(C)ccc1n2-c1ccc(-c2c(F)c(F)c(F)c(F)c2F)c(-n2c3ccc(C)cc3c3cc(C)ccc32)c1C. The van der Waals surface area contributed by atoms with E-state index in [-0.39, 0.29) is 5.56 Å². The van der Waals surface area contributed by atoms with Crippen LogP contribution in [0.4, 0.5) is 22.0 Å². The molecule has 2 aromatic heterocycles. The molecule has 8 aromatic rings. The molecular formula is C41H29F5N2. The first kappa shape index (κ1) is 29.9. The Morgan fingerprint density at radius 1 is 0.396 bits per heavy atom. The minimum Gasteiger partial charge on any atom is -0.309 e. The Bertz CT molecular complexity index is 2530. The number of aryl methyl sites for hydroxylation is 4. The maximum Gasteiger partial charge on any atom is 0.200 e. The van der Waals surface area contributed by atoms with Crippen molar-refractivity contribution in [2.45, 2.75) is 34.6 Å². The highest BCUT2D eigenvalue weighted by molar-refractivity contribution is 6.12. The van der Waals surface area contributed by atoms with Crippen LogP contribution >= 0.6 is 0 Å². The lowest BCUT2D eigenvalue weighted by molar-refractivity contribution is 0.381. The first-order chi connectivity index (χ1) is 23.0. The van der Waals surface area contributed by atoms with E-state index in [1.165, 1.54) is 6.07 Å². The second kappa shape index (κ2) is 10.5. The summed E-state index contributed by atoms with van der Waals surface area (Å²) in [6, 6.07) is 27.4. The Labute approximate surface area is 273 Å². The summed E-state index contributed by atoms with van der Waals surface area (Å²) < 4.78 is 79.3. The quantitative estimate of drug-likeness (QED) is 0.103. The van der Waals surface area contributed by atoms with E-state index in [0.717, 1.165) is 65.9 Å². The Morgan fingerprint density at radius 3 is 1.15 bits per heavy atom. The van der Waals surface area contributed by atoms with Gasteiger partial charge in [0.2, 0.25) is 5.82 Å². The van der Waals surface area contributed by atoms with Gasteiger partial charge in [-0.15, -0.1) is 0 Å². The van der Waals surface area contributed by atoms with Gasteiger partial charge in [0.15, 0.2) is 23.3 Å². The molecule has 6 aromatic carbocycles. The summed E-state index contributed by atoms with van der Waals surface area (Å²) in [6.45, 7) is 9.87. The first-order valence-electron chi connectivity index (χ1n) is 15.6. The average molecular weight is 645 g/mol. The maximum absolute atomic E-state index is 15.7. The molecule has 0 spiro atoms. The number of hydrogen-bond donors (Lipinski definition) is 0. The summed E-state index contributed by atoms with van der Waals surface area (Å²) >= 11 is 0. The van der Waals surface area contributed by atoms with Crippen molar-refractivity contribution < 1.29 is 22.0 Å². The summed E-state index contributed by atoms with van der Waals surface area (Å²) in [7, 11) is 0. The summed E-state index contributed by atoms with van der Waals surface area (Å²) in [4.78, 5) is 0. The van der Waals surface area contributed by atoms with E-state index in [4.69, 9.17) is 0 Å². The summed E-state index contributed by atoms with van der Waals surface area (Å²) in [5.41, 5.74) is 8.08. The zero-order valence-electron chi connectivity index (χ0n) is 26.9. The Kier molecular flexibility index (Phi) is 6.57. The largest absolute Gasteiger partial charge is 0.309 e. The number of benzene rings is 6. The van der Waals surface area contributed by atoms with Crippen molar-refractivity contribution in [3.8, 4) is 22.5 Å². The van der Waals surface area contributed by atoms with Crippen LogP contribution in [0, 0.1) is 63.7 Å². The second-order valence-electron chi connectivity index (χ2n) is 12.8. The van der Waals surface area contributed by atoms with Crippen molar-refractivity contribution in [3.63, 3.8) is 0 Å². The predicted octanol–water partition coefficient (Wildman–Crippen LogP) is 11.8. The van der Waals surface area contributed by atoms with Crippen LogP contribution < -0.4 is 0 Å². The lowest BCUT2D eigenvalue weighted by Crippen LogP contribution is -2.09. The minimum absolute atomic E-state index is 0.114. The monoisotopic (exact) mass is 644 g/mol. The zero-order valence-corrected chi connectivity index (χ0v) is 26.9. The van der Waals surface area contributed by atoms with Crippen LogP contribution in [0.3, 0.4) is 0 Å². The topological polar surface area (TPSA) is 9.86 Å². The van der Waals surface area contributed by atoms with Crippen molar-refractivity contribution in [2.75, 3.05) is 0 Å². The van der Waals surface area contributed by atoms with Crippen LogP contribution in [0.5, 0.6) is 0 Å². The van der Waals surface area contributed by atoms with Crippen LogP contribution in [0.1, 0.15) is 27.8 Å². The van der Waals surface area contributed by atoms with E-state index in [0.29, 0.717) is 16.9 Å². The maximum atomic E-state index is 15.7. The Hall–Kier alpha value is -5.43. The zero-order chi connectivity index (χ0) is 33.8. The van der Waals surface area contributed by atoms with Gasteiger partial charge in [0.05, 0.1) is 39.0 Å². The molecule has 8 rings (SSSR count). The Balaban J connectivity index is 1.58. The molecule has 0 radical (unpaired) electrons. The second-order valence-corrected chi connectivity index (χ2v) is 12.8. The van der Waals surface area contributed by atoms with Gasteiger partial charge in [-0.3, -0.25) is 0 Å². The van der Waals surface area contributed by atoms with Crippen molar-refractivity contribution >= 4 is 43.6 Å². The molecule has 0 amide bonds. The molecule has 0 fully saturated rings. The van der Waals surface area contributed by atoms with Gasteiger partial charge >= 0.3 is 0 Å². The van der Waals surface area contributed by atoms with Crippen molar-refractivity contribution in [3.05, 3.63) is 142 Å². The van der Waals surface area contributed by atoms with Crippen molar-refractivity contribution in [1.29, 1.82) is 0 Å². The normalized spacial score (nSPS) is 12.0. The highest BCUT2D eigenvalue weighted by atomic mass is 19.2. The Morgan fingerprint density at radius 2 is 0.750 bits per heavy atom. The standard InChI is InChI=1S/C41H29F5N2/c1-20-6-11-31-26(16-20)27-17-21(2)7-12-32(27)47(31)30-15-10-25(35-36(42)38(44)40(46)39(45)37(35)43)41(24(30)5)48-33-13-8-22(3)18-28(33)29-19-23(4)9-14-34(29)48/h6-19H,1-5H3. The molecule has 0 N–H and O–H groups in total. The van der Waals surface area contributed by atoms with Gasteiger partial charge in [-0.2, -0.15) is 0 Å². The fraction of sp³-hybridized carbons (Fsp3) is 0.122. The molecule has 2 nitrogen and oxygen atoms in total. The van der Waals surface area contributed by atoms with Gasteiger partial charge in [0, 0.05) is 27.1 Å². The lowest BCUT2D eigenvalue weighted by Gasteiger charge is -2.22. The van der Waals surface area contributed by atoms with Gasteiger partial charge in [-0.1, -0.05) is 46.5 Å². The van der Waals surface area contributed by atoms with Gasteiger partial charge in [0.25, 0.3) is 0 Å². The van der Waals surface area contributed by atoms with E-state index in [1.807, 2.05) is 99.8 Å². The molecule has 0 aliphatic heterocycles. The molecule has 48 heavy (non-hydrogen) atoms. The lowest BCUT2D eigenvalue weighted by atomic mass is 9.96. The molecule has 0 aliphatic rings. The van der Waals surface area contributed by atoms with E-state index >= 15 is 8.78 Å². The summed E-state index contributed by atoms with van der Waals surface area (Å²) in [6.07, 6.45) is 0. The van der Waals surface area contributed by atoms with E-state index in [2.05, 4.69) is 16.7 Å². The fourth-order valence-corrected chi connectivity index (χ4v) is 7.27. The van der Waals surface area contributed by atoms with Gasteiger partial charge < -0.3 is 9.13 Å². The van der Waals surface area contributed by atoms with Crippen molar-refractivity contribution in [1.82, 2.24) is 9.13 Å². The van der Waals surface area contributed by atoms with E-state index in [9.17, 15) is 13.2 Å². The van der Waals surface area contributed by atoms with Crippen LogP contribution in [0.2, 0.25) is 0 Å². The van der Waals surface area contributed by atoms with Crippen LogP contribution in [-0.4, -0.2) is 9.13 Å². The van der Waals surface area contributed by atoms with Crippen LogP contribution in [-0.2, 0) is 0 Å². The van der Waals surface area contributed by atoms with E-state index in [1.54, 1.807) is 6.07 Å². The van der Waals surface area contributed by atoms with Crippen LogP contribution in [0.25, 0.3) is 66.1 Å². The number of aromatic nitrogens is 2. The van der Waals surface area contributed by atoms with Gasteiger partial charge in [-0.05, 0) is 101 Å². The predicted molar refractivity (Wildman–Crippen MR) is 184 cm³/mol. The molecule has 0 saturated carbocycles. The van der Waals surface area contributed by atoms with Gasteiger partial charge in [0.1, 0.15) is 0 Å². The number of halogens is 5. The molecule has 7 heteroatoms. The highest BCUT2D eigenvalue weighted by Crippen LogP contribution is 2.44. The third-order valence-electron chi connectivity index (χ3n) is 9.50. The summed E-state index contributed by atoms with van der Waals surface area (Å²) in [5, 5.41) is 3.90. The number of nitrogens with zero attached hydrogens (tertiary/aromatic N) is 2. The van der Waals surface area contributed by atoms with Crippen molar-refractivity contribution in [2.24, 2.45) is 0 Å². The summed E-state index contributed by atoms with van der Waals surface area (Å²) in [5.74, 6) is -9.93. The molecule has 0 saturated heterocycles. The molecule has 0 atom stereocenters. The minimum atomic E-state index is -2.19. The average Bonchev–Trinajstić information content (AvgIpc) is 3.54. The molecule has 0 aliphatic carbocycles. The third-order valence-corrected chi connectivity index (χ3v) is 9.50. The smallest absolute Gasteiger partial charge is 0.200 e. The molecule has 2 heterocycles. The molecule has 0 unspecified atom stereocenters. The molecule has 0 bridgehead atoms. The number of fused-ring (bicyclic) bond motifs is 6.